The van der Waals surface area contributed by atoms with E-state index in [1.54, 1.807) is 14.0 Å². The highest BCUT2D eigenvalue weighted by molar-refractivity contribution is 5.78. The smallest absolute Gasteiger partial charge is 0.132 e. The minimum Gasteiger partial charge on any atom is -0.382 e. The third-order valence-electron chi connectivity index (χ3n) is 2.11. The Hall–Kier alpha value is -0.410. The number of hydrogen-bond donors (Lipinski definition) is 0. The lowest BCUT2D eigenvalue weighted by Gasteiger charge is -2.10. The third-order valence-corrected chi connectivity index (χ3v) is 2.11. The monoisotopic (exact) mass is 188 g/mol. The molecule has 0 aliphatic rings. The third kappa shape index (κ3) is 6.72. The zero-order valence-corrected chi connectivity index (χ0v) is 8.84. The van der Waals surface area contributed by atoms with Crippen LogP contribution in [0, 0.1) is 5.92 Å². The fraction of sp³-hybridized carbons (Fsp3) is 0.900. The Kier molecular flexibility index (Phi) is 7.94. The number of ketones is 1. The zero-order chi connectivity index (χ0) is 10.1. The largest absolute Gasteiger partial charge is 0.382 e. The van der Waals surface area contributed by atoms with E-state index in [2.05, 4.69) is 0 Å². The van der Waals surface area contributed by atoms with E-state index < -0.39 is 0 Å². The summed E-state index contributed by atoms with van der Waals surface area (Å²) in [5.74, 6) is 0.431. The van der Waals surface area contributed by atoms with Crippen molar-refractivity contribution in [3.8, 4) is 0 Å². The van der Waals surface area contributed by atoms with E-state index in [0.717, 1.165) is 12.8 Å². The molecule has 0 amide bonds. The first-order chi connectivity index (χ1) is 6.22. The molecule has 0 fully saturated rings. The number of ether oxygens (including phenoxy) is 2. The Labute approximate surface area is 80.4 Å². The molecule has 0 aromatic heterocycles. The maximum absolute atomic E-state index is 11.0. The normalized spacial score (nSPS) is 12.8. The Bertz CT molecular complexity index is 134. The Morgan fingerprint density at radius 1 is 1.31 bits per heavy atom. The molecule has 0 aliphatic carbocycles. The molecule has 78 valence electrons. The van der Waals surface area contributed by atoms with Crippen molar-refractivity contribution in [2.24, 2.45) is 5.92 Å². The van der Waals surface area contributed by atoms with E-state index in [0.29, 0.717) is 19.8 Å². The van der Waals surface area contributed by atoms with Gasteiger partial charge in [0.2, 0.25) is 0 Å². The van der Waals surface area contributed by atoms with Crippen LogP contribution in [0.5, 0.6) is 0 Å². The second-order valence-electron chi connectivity index (χ2n) is 3.11. The average Bonchev–Trinajstić information content (AvgIpc) is 2.10. The summed E-state index contributed by atoms with van der Waals surface area (Å²) in [5, 5.41) is 0. The van der Waals surface area contributed by atoms with Gasteiger partial charge >= 0.3 is 0 Å². The van der Waals surface area contributed by atoms with E-state index in [1.165, 1.54) is 0 Å². The van der Waals surface area contributed by atoms with Crippen LogP contribution >= 0.6 is 0 Å². The first kappa shape index (κ1) is 12.6. The Morgan fingerprint density at radius 3 is 2.46 bits per heavy atom. The van der Waals surface area contributed by atoms with Gasteiger partial charge in [0, 0.05) is 19.6 Å². The van der Waals surface area contributed by atoms with Gasteiger partial charge < -0.3 is 9.47 Å². The van der Waals surface area contributed by atoms with Crippen LogP contribution in [0.25, 0.3) is 0 Å². The molecule has 0 aliphatic heterocycles. The molecule has 1 atom stereocenters. The molecule has 1 unspecified atom stereocenters. The van der Waals surface area contributed by atoms with Crippen molar-refractivity contribution in [2.45, 2.75) is 26.7 Å². The van der Waals surface area contributed by atoms with Gasteiger partial charge in [-0.15, -0.1) is 0 Å². The van der Waals surface area contributed by atoms with Gasteiger partial charge in [0.25, 0.3) is 0 Å². The van der Waals surface area contributed by atoms with Crippen molar-refractivity contribution in [1.82, 2.24) is 0 Å². The maximum Gasteiger partial charge on any atom is 0.132 e. The summed E-state index contributed by atoms with van der Waals surface area (Å²) in [6, 6.07) is 0. The van der Waals surface area contributed by atoms with E-state index in [9.17, 15) is 4.79 Å². The number of Topliss-reactive ketones (excluding diaryl/α,β-unsaturated/α-hetero) is 1. The van der Waals surface area contributed by atoms with E-state index in [-0.39, 0.29) is 11.7 Å². The number of methoxy groups -OCH3 is 1. The number of rotatable bonds is 8. The van der Waals surface area contributed by atoms with Crippen molar-refractivity contribution >= 4 is 5.78 Å². The van der Waals surface area contributed by atoms with Gasteiger partial charge in [0.1, 0.15) is 5.78 Å². The van der Waals surface area contributed by atoms with E-state index >= 15 is 0 Å². The molecule has 0 saturated carbocycles. The Morgan fingerprint density at radius 2 is 2.00 bits per heavy atom. The van der Waals surface area contributed by atoms with Crippen LogP contribution in [0.15, 0.2) is 0 Å². The van der Waals surface area contributed by atoms with Crippen LogP contribution in [0.2, 0.25) is 0 Å². The molecule has 3 heteroatoms. The van der Waals surface area contributed by atoms with Gasteiger partial charge in [-0.2, -0.15) is 0 Å². The fourth-order valence-corrected chi connectivity index (χ4v) is 1.16. The quantitative estimate of drug-likeness (QED) is 0.543. The predicted octanol–water partition coefficient (Wildman–Crippen LogP) is 1.65. The van der Waals surface area contributed by atoms with Crippen molar-refractivity contribution in [1.29, 1.82) is 0 Å². The fourth-order valence-electron chi connectivity index (χ4n) is 1.16. The first-order valence-electron chi connectivity index (χ1n) is 4.79. The van der Waals surface area contributed by atoms with E-state index in [4.69, 9.17) is 9.47 Å². The van der Waals surface area contributed by atoms with Crippen LogP contribution in [0.3, 0.4) is 0 Å². The van der Waals surface area contributed by atoms with Crippen LogP contribution in [-0.2, 0) is 14.3 Å². The zero-order valence-electron chi connectivity index (χ0n) is 8.84. The molecule has 0 bridgehead atoms. The summed E-state index contributed by atoms with van der Waals surface area (Å²) < 4.78 is 10.1. The minimum atomic E-state index is 0.169. The highest BCUT2D eigenvalue weighted by Crippen LogP contribution is 2.08. The first-order valence-corrected chi connectivity index (χ1v) is 4.79. The van der Waals surface area contributed by atoms with Gasteiger partial charge in [-0.05, 0) is 19.8 Å². The second kappa shape index (κ2) is 8.20. The second-order valence-corrected chi connectivity index (χ2v) is 3.11. The molecule has 0 N–H and O–H groups in total. The summed E-state index contributed by atoms with van der Waals surface area (Å²) in [6.45, 7) is 5.56. The molecule has 0 radical (unpaired) electrons. The van der Waals surface area contributed by atoms with Crippen molar-refractivity contribution in [3.05, 3.63) is 0 Å². The average molecular weight is 188 g/mol. The van der Waals surface area contributed by atoms with Crippen molar-refractivity contribution < 1.29 is 14.3 Å². The molecule has 0 spiro atoms. The number of carbonyl (C=O) groups is 1. The van der Waals surface area contributed by atoms with Crippen molar-refractivity contribution in [2.75, 3.05) is 26.9 Å². The van der Waals surface area contributed by atoms with E-state index in [1.807, 2.05) is 6.92 Å². The van der Waals surface area contributed by atoms with Gasteiger partial charge in [-0.1, -0.05) is 6.92 Å². The van der Waals surface area contributed by atoms with Crippen LogP contribution in [-0.4, -0.2) is 32.7 Å². The lowest BCUT2D eigenvalue weighted by Crippen LogP contribution is -2.13. The molecular weight excluding hydrogens is 168 g/mol. The standard InChI is InChI=1S/C10H20O3/c1-4-10(9(2)11)5-6-13-8-7-12-3/h10H,4-8H2,1-3H3. The van der Waals surface area contributed by atoms with Crippen LogP contribution in [0.1, 0.15) is 26.7 Å². The summed E-state index contributed by atoms with van der Waals surface area (Å²) in [5.41, 5.74) is 0. The molecular formula is C10H20O3. The minimum absolute atomic E-state index is 0.169. The molecule has 3 nitrogen and oxygen atoms in total. The summed E-state index contributed by atoms with van der Waals surface area (Å²) in [4.78, 5) is 11.0. The molecule has 0 heterocycles. The SMILES string of the molecule is CCC(CCOCCOC)C(C)=O. The molecule has 0 saturated heterocycles. The Balaban J connectivity index is 3.33. The van der Waals surface area contributed by atoms with Gasteiger partial charge in [-0.25, -0.2) is 0 Å². The van der Waals surface area contributed by atoms with Gasteiger partial charge in [0.05, 0.1) is 13.2 Å². The highest BCUT2D eigenvalue weighted by Gasteiger charge is 2.10. The number of carbonyl (C=O) groups excluding carboxylic acids is 1. The molecule has 0 rings (SSSR count). The number of hydrogen-bond acceptors (Lipinski definition) is 3. The summed E-state index contributed by atoms with van der Waals surface area (Å²) >= 11 is 0. The van der Waals surface area contributed by atoms with Gasteiger partial charge in [-0.3, -0.25) is 4.79 Å². The van der Waals surface area contributed by atoms with Crippen LogP contribution in [0.4, 0.5) is 0 Å². The predicted molar refractivity (Wildman–Crippen MR) is 51.8 cm³/mol. The molecule has 13 heavy (non-hydrogen) atoms. The van der Waals surface area contributed by atoms with Crippen LogP contribution < -0.4 is 0 Å². The summed E-state index contributed by atoms with van der Waals surface area (Å²) in [6.07, 6.45) is 1.73. The highest BCUT2D eigenvalue weighted by atomic mass is 16.5. The summed E-state index contributed by atoms with van der Waals surface area (Å²) in [7, 11) is 1.65. The molecule has 0 aromatic rings. The lowest BCUT2D eigenvalue weighted by atomic mass is 9.99. The molecule has 0 aromatic carbocycles. The lowest BCUT2D eigenvalue weighted by molar-refractivity contribution is -0.121. The maximum atomic E-state index is 11.0. The van der Waals surface area contributed by atoms with Crippen molar-refractivity contribution in [3.63, 3.8) is 0 Å². The topological polar surface area (TPSA) is 35.5 Å². The van der Waals surface area contributed by atoms with Gasteiger partial charge in [0.15, 0.2) is 0 Å².